The highest BCUT2D eigenvalue weighted by Gasteiger charge is 2.29. The summed E-state index contributed by atoms with van der Waals surface area (Å²) in [6.45, 7) is 7.41. The van der Waals surface area contributed by atoms with Gasteiger partial charge in [0.1, 0.15) is 0 Å². The number of nitrogens with one attached hydrogen (secondary N) is 1. The van der Waals surface area contributed by atoms with Gasteiger partial charge in [-0.1, -0.05) is 20.8 Å². The summed E-state index contributed by atoms with van der Waals surface area (Å²) in [7, 11) is 3.65. The van der Waals surface area contributed by atoms with Crippen LogP contribution >= 0.6 is 0 Å². The highest BCUT2D eigenvalue weighted by Crippen LogP contribution is 2.18. The summed E-state index contributed by atoms with van der Waals surface area (Å²) in [6.07, 6.45) is 0. The Labute approximate surface area is 86.8 Å². The molecule has 0 radical (unpaired) electrons. The van der Waals surface area contributed by atoms with Gasteiger partial charge in [0.15, 0.2) is 0 Å². The monoisotopic (exact) mass is 201 g/mol. The van der Waals surface area contributed by atoms with Crippen molar-refractivity contribution in [3.05, 3.63) is 0 Å². The quantitative estimate of drug-likeness (QED) is 0.675. The molecule has 1 atom stereocenters. The molecule has 0 fully saturated rings. The van der Waals surface area contributed by atoms with Crippen molar-refractivity contribution < 1.29 is 4.79 Å². The summed E-state index contributed by atoms with van der Waals surface area (Å²) in [6, 6.07) is -0.427. The molecule has 0 heterocycles. The van der Waals surface area contributed by atoms with Crippen LogP contribution in [0.25, 0.3) is 0 Å². The van der Waals surface area contributed by atoms with E-state index in [1.807, 2.05) is 27.8 Å². The minimum absolute atomic E-state index is 0.00718. The number of likely N-dealkylation sites (N-methyl/N-ethyl adjacent to an activating group) is 2. The van der Waals surface area contributed by atoms with E-state index in [-0.39, 0.29) is 11.3 Å². The lowest BCUT2D eigenvalue weighted by atomic mass is 9.86. The number of carbonyl (C=O) groups excluding carboxylic acids is 1. The Morgan fingerprint density at radius 3 is 2.36 bits per heavy atom. The van der Waals surface area contributed by atoms with E-state index in [9.17, 15) is 4.79 Å². The fraction of sp³-hybridized carbons (Fsp3) is 0.900. The summed E-state index contributed by atoms with van der Waals surface area (Å²) >= 11 is 0. The molecule has 0 rings (SSSR count). The third-order valence-corrected chi connectivity index (χ3v) is 2.27. The first-order valence-corrected chi connectivity index (χ1v) is 4.96. The van der Waals surface area contributed by atoms with Gasteiger partial charge < -0.3 is 16.0 Å². The smallest absolute Gasteiger partial charge is 0.239 e. The van der Waals surface area contributed by atoms with Crippen LogP contribution < -0.4 is 11.1 Å². The number of hydrogen-bond acceptors (Lipinski definition) is 3. The molecule has 0 aromatic heterocycles. The zero-order chi connectivity index (χ0) is 11.4. The van der Waals surface area contributed by atoms with Crippen molar-refractivity contribution in [3.63, 3.8) is 0 Å². The Morgan fingerprint density at radius 2 is 2.00 bits per heavy atom. The molecule has 0 aliphatic rings. The zero-order valence-corrected chi connectivity index (χ0v) is 9.92. The van der Waals surface area contributed by atoms with Gasteiger partial charge in [0.2, 0.25) is 5.91 Å². The van der Waals surface area contributed by atoms with E-state index < -0.39 is 6.04 Å². The fourth-order valence-corrected chi connectivity index (χ4v) is 0.998. The maximum absolute atomic E-state index is 11.8. The lowest BCUT2D eigenvalue weighted by molar-refractivity contribution is -0.133. The van der Waals surface area contributed by atoms with E-state index >= 15 is 0 Å². The number of rotatable bonds is 4. The van der Waals surface area contributed by atoms with Crippen LogP contribution in [0.2, 0.25) is 0 Å². The molecule has 0 aromatic carbocycles. The van der Waals surface area contributed by atoms with Crippen LogP contribution in [0, 0.1) is 5.41 Å². The second-order valence-electron chi connectivity index (χ2n) is 4.71. The molecule has 0 spiro atoms. The summed E-state index contributed by atoms with van der Waals surface area (Å²) in [5.41, 5.74) is 5.68. The molecule has 84 valence electrons. The summed E-state index contributed by atoms with van der Waals surface area (Å²) in [4.78, 5) is 13.4. The van der Waals surface area contributed by atoms with Gasteiger partial charge in [-0.15, -0.1) is 0 Å². The number of nitrogens with zero attached hydrogens (tertiary/aromatic N) is 1. The Balaban J connectivity index is 4.18. The van der Waals surface area contributed by atoms with E-state index in [0.29, 0.717) is 6.54 Å². The van der Waals surface area contributed by atoms with Crippen LogP contribution in [0.4, 0.5) is 0 Å². The highest BCUT2D eigenvalue weighted by atomic mass is 16.2. The lowest BCUT2D eigenvalue weighted by Crippen LogP contribution is -2.50. The Bertz CT molecular complexity index is 186. The molecule has 1 amide bonds. The van der Waals surface area contributed by atoms with Crippen molar-refractivity contribution in [1.82, 2.24) is 10.2 Å². The van der Waals surface area contributed by atoms with Crippen LogP contribution in [0.1, 0.15) is 20.8 Å². The molecule has 0 aliphatic carbocycles. The van der Waals surface area contributed by atoms with Gasteiger partial charge >= 0.3 is 0 Å². The first-order valence-electron chi connectivity index (χ1n) is 4.96. The molecule has 0 bridgehead atoms. The van der Waals surface area contributed by atoms with Crippen molar-refractivity contribution in [1.29, 1.82) is 0 Å². The van der Waals surface area contributed by atoms with Crippen molar-refractivity contribution in [2.75, 3.05) is 27.2 Å². The largest absolute Gasteiger partial charge is 0.343 e. The number of carbonyl (C=O) groups is 1. The predicted octanol–water partition coefficient (Wildman–Crippen LogP) is 0.0376. The summed E-state index contributed by atoms with van der Waals surface area (Å²) in [5, 5.41) is 3.00. The van der Waals surface area contributed by atoms with E-state index in [2.05, 4.69) is 5.32 Å². The molecule has 0 unspecified atom stereocenters. The third-order valence-electron chi connectivity index (χ3n) is 2.27. The van der Waals surface area contributed by atoms with Crippen molar-refractivity contribution in [3.8, 4) is 0 Å². The molecular weight excluding hydrogens is 178 g/mol. The van der Waals surface area contributed by atoms with Crippen molar-refractivity contribution in [2.45, 2.75) is 26.8 Å². The van der Waals surface area contributed by atoms with Gasteiger partial charge in [0, 0.05) is 20.1 Å². The topological polar surface area (TPSA) is 58.4 Å². The van der Waals surface area contributed by atoms with E-state index in [0.717, 1.165) is 6.54 Å². The minimum Gasteiger partial charge on any atom is -0.343 e. The van der Waals surface area contributed by atoms with Gasteiger partial charge in [0.05, 0.1) is 6.04 Å². The van der Waals surface area contributed by atoms with Gasteiger partial charge in [-0.3, -0.25) is 4.79 Å². The van der Waals surface area contributed by atoms with E-state index in [4.69, 9.17) is 5.73 Å². The summed E-state index contributed by atoms with van der Waals surface area (Å²) < 4.78 is 0. The molecule has 14 heavy (non-hydrogen) atoms. The fourth-order valence-electron chi connectivity index (χ4n) is 0.998. The lowest BCUT2D eigenvalue weighted by Gasteiger charge is -2.29. The predicted molar refractivity (Wildman–Crippen MR) is 59.0 cm³/mol. The van der Waals surface area contributed by atoms with Gasteiger partial charge in [-0.2, -0.15) is 0 Å². The van der Waals surface area contributed by atoms with Gasteiger partial charge in [-0.25, -0.2) is 0 Å². The molecule has 0 aliphatic heterocycles. The summed E-state index contributed by atoms with van der Waals surface area (Å²) in [5.74, 6) is 0.00718. The maximum atomic E-state index is 11.8. The second kappa shape index (κ2) is 5.32. The van der Waals surface area contributed by atoms with Gasteiger partial charge in [-0.05, 0) is 12.5 Å². The van der Waals surface area contributed by atoms with Gasteiger partial charge in [0.25, 0.3) is 0 Å². The second-order valence-corrected chi connectivity index (χ2v) is 4.71. The maximum Gasteiger partial charge on any atom is 0.239 e. The Kier molecular flexibility index (Phi) is 5.08. The number of hydrogen-bond donors (Lipinski definition) is 2. The molecule has 0 saturated carbocycles. The standard InChI is InChI=1S/C10H23N3O/c1-10(2,3)8(11)9(14)13(5)7-6-12-4/h8,12H,6-7,11H2,1-5H3/t8-/m1/s1. The van der Waals surface area contributed by atoms with Crippen LogP contribution in [-0.2, 0) is 4.79 Å². The number of amides is 1. The SMILES string of the molecule is CNCCN(C)C(=O)[C@@H](N)C(C)(C)C. The van der Waals surface area contributed by atoms with Crippen LogP contribution in [-0.4, -0.2) is 44.0 Å². The third kappa shape index (κ3) is 4.07. The zero-order valence-electron chi connectivity index (χ0n) is 9.92. The number of nitrogens with two attached hydrogens (primary N) is 1. The van der Waals surface area contributed by atoms with E-state index in [1.54, 1.807) is 11.9 Å². The molecular formula is C10H23N3O. The molecule has 0 aromatic rings. The minimum atomic E-state index is -0.427. The van der Waals surface area contributed by atoms with Crippen molar-refractivity contribution in [2.24, 2.45) is 11.1 Å². The normalized spacial score (nSPS) is 13.9. The Hall–Kier alpha value is -0.610. The highest BCUT2D eigenvalue weighted by molar-refractivity contribution is 5.82. The molecule has 0 saturated heterocycles. The van der Waals surface area contributed by atoms with E-state index in [1.165, 1.54) is 0 Å². The first-order chi connectivity index (χ1) is 6.30. The average Bonchev–Trinajstić information content (AvgIpc) is 2.10. The van der Waals surface area contributed by atoms with Crippen LogP contribution in [0.5, 0.6) is 0 Å². The van der Waals surface area contributed by atoms with Crippen molar-refractivity contribution >= 4 is 5.91 Å². The molecule has 4 nitrogen and oxygen atoms in total. The Morgan fingerprint density at radius 1 is 1.50 bits per heavy atom. The van der Waals surface area contributed by atoms with Crippen LogP contribution in [0.15, 0.2) is 0 Å². The average molecular weight is 201 g/mol. The first kappa shape index (κ1) is 13.4. The molecule has 3 N–H and O–H groups in total. The molecule has 4 heteroatoms. The van der Waals surface area contributed by atoms with Crippen LogP contribution in [0.3, 0.4) is 0 Å².